The number of halogens is 1. The maximum atomic E-state index is 13.4. The second-order valence-corrected chi connectivity index (χ2v) is 5.92. The molecule has 0 bridgehead atoms. The van der Waals surface area contributed by atoms with Crippen molar-refractivity contribution in [3.63, 3.8) is 0 Å². The fourth-order valence-corrected chi connectivity index (χ4v) is 2.70. The highest BCUT2D eigenvalue weighted by atomic mass is 19.1. The molecule has 0 radical (unpaired) electrons. The van der Waals surface area contributed by atoms with E-state index in [0.717, 1.165) is 11.4 Å². The third kappa shape index (κ3) is 3.97. The van der Waals surface area contributed by atoms with Gasteiger partial charge < -0.3 is 20.7 Å². The van der Waals surface area contributed by atoms with Gasteiger partial charge in [0.25, 0.3) is 5.91 Å². The summed E-state index contributed by atoms with van der Waals surface area (Å²) in [4.78, 5) is 12.0. The zero-order valence-electron chi connectivity index (χ0n) is 14.1. The second-order valence-electron chi connectivity index (χ2n) is 5.92. The average molecular weight is 341 g/mol. The van der Waals surface area contributed by atoms with Crippen LogP contribution in [0.15, 0.2) is 48.7 Å². The van der Waals surface area contributed by atoms with Gasteiger partial charge >= 0.3 is 0 Å². The number of rotatable bonds is 6. The molecule has 1 atom stereocenters. The Bertz CT molecular complexity index is 803. The van der Waals surface area contributed by atoms with Crippen LogP contribution in [0.2, 0.25) is 0 Å². The van der Waals surface area contributed by atoms with Crippen LogP contribution in [0.3, 0.4) is 0 Å². The van der Waals surface area contributed by atoms with Gasteiger partial charge in [0.1, 0.15) is 5.82 Å². The van der Waals surface area contributed by atoms with Crippen LogP contribution >= 0.6 is 0 Å². The Morgan fingerprint density at radius 2 is 1.92 bits per heavy atom. The highest BCUT2D eigenvalue weighted by Crippen LogP contribution is 2.32. The smallest absolute Gasteiger partial charge is 0.257 e. The Morgan fingerprint density at radius 3 is 2.64 bits per heavy atom. The molecule has 0 aromatic heterocycles. The van der Waals surface area contributed by atoms with Crippen molar-refractivity contribution in [1.29, 1.82) is 0 Å². The largest absolute Gasteiger partial charge is 0.383 e. The number of carbonyl (C=O) groups is 1. The van der Waals surface area contributed by atoms with Crippen molar-refractivity contribution in [3.8, 4) is 0 Å². The highest BCUT2D eigenvalue weighted by molar-refractivity contribution is 6.31. The van der Waals surface area contributed by atoms with Crippen LogP contribution in [-0.2, 0) is 9.53 Å². The van der Waals surface area contributed by atoms with Gasteiger partial charge in [-0.2, -0.15) is 0 Å². The topological polar surface area (TPSA) is 62.4 Å². The third-order valence-electron chi connectivity index (χ3n) is 3.86. The van der Waals surface area contributed by atoms with Gasteiger partial charge in [0, 0.05) is 42.0 Å². The summed E-state index contributed by atoms with van der Waals surface area (Å²) in [6, 6.07) is 12.1. The third-order valence-corrected chi connectivity index (χ3v) is 3.86. The van der Waals surface area contributed by atoms with Crippen molar-refractivity contribution in [2.75, 3.05) is 29.7 Å². The van der Waals surface area contributed by atoms with Crippen LogP contribution < -0.4 is 16.0 Å². The molecule has 1 amide bonds. The van der Waals surface area contributed by atoms with Crippen LogP contribution in [0.1, 0.15) is 12.5 Å². The van der Waals surface area contributed by atoms with Gasteiger partial charge in [0.05, 0.1) is 12.2 Å². The predicted molar refractivity (Wildman–Crippen MR) is 98.0 cm³/mol. The molecule has 5 nitrogen and oxygen atoms in total. The number of benzene rings is 2. The molecule has 1 unspecified atom stereocenters. The maximum absolute atomic E-state index is 13.4. The molecule has 2 aromatic rings. The van der Waals surface area contributed by atoms with Crippen LogP contribution in [0.5, 0.6) is 0 Å². The van der Waals surface area contributed by atoms with E-state index in [9.17, 15) is 9.18 Å². The molecule has 0 aliphatic carbocycles. The van der Waals surface area contributed by atoms with E-state index in [2.05, 4.69) is 16.0 Å². The molecule has 3 N–H and O–H groups in total. The molecule has 1 aliphatic heterocycles. The zero-order valence-corrected chi connectivity index (χ0v) is 14.1. The number of methoxy groups -OCH3 is 1. The van der Waals surface area contributed by atoms with Crippen molar-refractivity contribution in [3.05, 3.63) is 60.0 Å². The lowest BCUT2D eigenvalue weighted by Gasteiger charge is -2.14. The lowest BCUT2D eigenvalue weighted by Crippen LogP contribution is -2.20. The summed E-state index contributed by atoms with van der Waals surface area (Å²) in [6.07, 6.45) is 1.59. The number of ether oxygens (including phenoxy) is 1. The molecule has 2 aromatic carbocycles. The molecule has 0 saturated heterocycles. The summed E-state index contributed by atoms with van der Waals surface area (Å²) in [5.41, 5.74) is 3.39. The fraction of sp³-hybridized carbons (Fsp3) is 0.211. The van der Waals surface area contributed by atoms with E-state index in [4.69, 9.17) is 4.74 Å². The molecule has 1 heterocycles. The molecule has 3 rings (SSSR count). The van der Waals surface area contributed by atoms with E-state index < -0.39 is 0 Å². The first-order valence-corrected chi connectivity index (χ1v) is 8.00. The monoisotopic (exact) mass is 341 g/mol. The number of fused-ring (bicyclic) bond motifs is 1. The van der Waals surface area contributed by atoms with Crippen LogP contribution in [0, 0.1) is 5.82 Å². The lowest BCUT2D eigenvalue weighted by molar-refractivity contribution is -0.110. The number of carbonyl (C=O) groups excluding carboxylic acids is 1. The summed E-state index contributed by atoms with van der Waals surface area (Å²) in [5, 5.41) is 9.12. The maximum Gasteiger partial charge on any atom is 0.257 e. The Kier molecular flexibility index (Phi) is 5.00. The van der Waals surface area contributed by atoms with Crippen molar-refractivity contribution in [1.82, 2.24) is 0 Å². The van der Waals surface area contributed by atoms with Gasteiger partial charge in [-0.15, -0.1) is 0 Å². The van der Waals surface area contributed by atoms with E-state index in [1.54, 1.807) is 19.4 Å². The fourth-order valence-electron chi connectivity index (χ4n) is 2.70. The van der Waals surface area contributed by atoms with Gasteiger partial charge in [0.2, 0.25) is 0 Å². The van der Waals surface area contributed by atoms with Crippen LogP contribution in [-0.4, -0.2) is 25.7 Å². The SMILES string of the molecule is COCC(C)Nc1ccc(NC=C2C(=O)Nc3ccc(F)cc32)cc1. The van der Waals surface area contributed by atoms with Gasteiger partial charge in [-0.3, -0.25) is 4.79 Å². The van der Waals surface area contributed by atoms with Gasteiger partial charge in [0.15, 0.2) is 0 Å². The van der Waals surface area contributed by atoms with Crippen molar-refractivity contribution in [2.45, 2.75) is 13.0 Å². The molecule has 0 fully saturated rings. The molecule has 130 valence electrons. The Labute approximate surface area is 145 Å². The molecule has 6 heteroatoms. The minimum atomic E-state index is -0.373. The predicted octanol–water partition coefficient (Wildman–Crippen LogP) is 3.68. The number of amides is 1. The zero-order chi connectivity index (χ0) is 17.8. The van der Waals surface area contributed by atoms with E-state index in [1.807, 2.05) is 31.2 Å². The Morgan fingerprint density at radius 1 is 1.20 bits per heavy atom. The number of nitrogens with one attached hydrogen (secondary N) is 3. The van der Waals surface area contributed by atoms with E-state index >= 15 is 0 Å². The lowest BCUT2D eigenvalue weighted by atomic mass is 10.1. The molecular weight excluding hydrogens is 321 g/mol. The van der Waals surface area contributed by atoms with Crippen molar-refractivity contribution < 1.29 is 13.9 Å². The standard InChI is InChI=1S/C19H20FN3O2/c1-12(11-25-2)22-15-6-4-14(5-7-15)21-10-17-16-9-13(20)3-8-18(16)23-19(17)24/h3-10,12,21-22H,11H2,1-2H3,(H,23,24). The summed E-state index contributed by atoms with van der Waals surface area (Å²) >= 11 is 0. The van der Waals surface area contributed by atoms with E-state index in [0.29, 0.717) is 23.4 Å². The minimum Gasteiger partial charge on any atom is -0.383 e. The average Bonchev–Trinajstić information content (AvgIpc) is 2.89. The number of hydrogen-bond donors (Lipinski definition) is 3. The number of anilines is 3. The minimum absolute atomic E-state index is 0.208. The Hall–Kier alpha value is -2.86. The second kappa shape index (κ2) is 7.36. The summed E-state index contributed by atoms with van der Waals surface area (Å²) in [6.45, 7) is 2.66. The van der Waals surface area contributed by atoms with Gasteiger partial charge in [-0.1, -0.05) is 0 Å². The molecular formula is C19H20FN3O2. The van der Waals surface area contributed by atoms with E-state index in [-0.39, 0.29) is 17.8 Å². The van der Waals surface area contributed by atoms with Crippen molar-refractivity contribution >= 4 is 28.5 Å². The summed E-state index contributed by atoms with van der Waals surface area (Å²) in [7, 11) is 1.67. The van der Waals surface area contributed by atoms with Gasteiger partial charge in [-0.25, -0.2) is 4.39 Å². The molecule has 0 spiro atoms. The first kappa shape index (κ1) is 17.0. The molecule has 0 saturated carbocycles. The van der Waals surface area contributed by atoms with E-state index in [1.165, 1.54) is 12.1 Å². The quantitative estimate of drug-likeness (QED) is 0.702. The molecule has 1 aliphatic rings. The van der Waals surface area contributed by atoms with Crippen LogP contribution in [0.4, 0.5) is 21.5 Å². The Balaban J connectivity index is 1.70. The number of hydrogen-bond acceptors (Lipinski definition) is 4. The summed E-state index contributed by atoms with van der Waals surface area (Å²) < 4.78 is 18.5. The van der Waals surface area contributed by atoms with Crippen LogP contribution in [0.25, 0.3) is 5.57 Å². The van der Waals surface area contributed by atoms with Crippen molar-refractivity contribution in [2.24, 2.45) is 0 Å². The first-order chi connectivity index (χ1) is 12.1. The highest BCUT2D eigenvalue weighted by Gasteiger charge is 2.24. The summed E-state index contributed by atoms with van der Waals surface area (Å²) in [5.74, 6) is -0.624. The molecule has 25 heavy (non-hydrogen) atoms. The van der Waals surface area contributed by atoms with Gasteiger partial charge in [-0.05, 0) is 49.4 Å². The first-order valence-electron chi connectivity index (χ1n) is 8.00. The normalized spacial score (nSPS) is 15.6.